The zero-order chi connectivity index (χ0) is 10.8. The molecule has 2 aromatic rings. The van der Waals surface area contributed by atoms with Crippen molar-refractivity contribution in [2.45, 2.75) is 18.9 Å². The molecule has 1 aliphatic heterocycles. The van der Waals surface area contributed by atoms with Crippen molar-refractivity contribution in [1.29, 1.82) is 0 Å². The van der Waals surface area contributed by atoms with Crippen molar-refractivity contribution < 1.29 is 4.52 Å². The zero-order valence-electron chi connectivity index (χ0n) is 9.07. The molecule has 1 unspecified atom stereocenters. The lowest BCUT2D eigenvalue weighted by molar-refractivity contribution is 0.420. The van der Waals surface area contributed by atoms with Crippen molar-refractivity contribution in [3.63, 3.8) is 0 Å². The number of hydrogen-bond donors (Lipinski definition) is 2. The molecular weight excluding hydrogens is 202 g/mol. The molecule has 1 aromatic carbocycles. The van der Waals surface area contributed by atoms with Crippen LogP contribution in [0.5, 0.6) is 0 Å². The van der Waals surface area contributed by atoms with Crippen LogP contribution in [0.4, 0.5) is 5.88 Å². The number of aromatic nitrogens is 1. The van der Waals surface area contributed by atoms with E-state index in [-0.39, 0.29) is 0 Å². The van der Waals surface area contributed by atoms with Gasteiger partial charge in [-0.1, -0.05) is 17.3 Å². The molecular formula is C12H15N3O. The molecule has 2 N–H and O–H groups in total. The summed E-state index contributed by atoms with van der Waals surface area (Å²) in [6.07, 6.45) is 2.39. The van der Waals surface area contributed by atoms with E-state index in [2.05, 4.69) is 15.8 Å². The van der Waals surface area contributed by atoms with Gasteiger partial charge < -0.3 is 15.2 Å². The average Bonchev–Trinajstić information content (AvgIpc) is 2.74. The maximum atomic E-state index is 5.33. The first-order valence-electron chi connectivity index (χ1n) is 5.75. The van der Waals surface area contributed by atoms with Crippen LogP contribution in [0.15, 0.2) is 28.8 Å². The lowest BCUT2D eigenvalue weighted by Crippen LogP contribution is -2.38. The minimum atomic E-state index is 0.449. The second kappa shape index (κ2) is 4.14. The second-order valence-electron chi connectivity index (χ2n) is 4.22. The van der Waals surface area contributed by atoms with Crippen molar-refractivity contribution in [2.24, 2.45) is 0 Å². The van der Waals surface area contributed by atoms with Crippen LogP contribution >= 0.6 is 0 Å². The van der Waals surface area contributed by atoms with E-state index in [1.807, 2.05) is 24.3 Å². The summed E-state index contributed by atoms with van der Waals surface area (Å²) in [5.41, 5.74) is 0.911. The van der Waals surface area contributed by atoms with E-state index in [0.717, 1.165) is 29.9 Å². The van der Waals surface area contributed by atoms with Crippen LogP contribution in [-0.4, -0.2) is 24.3 Å². The molecule has 1 aromatic heterocycles. The van der Waals surface area contributed by atoms with Crippen molar-refractivity contribution in [3.05, 3.63) is 24.3 Å². The Morgan fingerprint density at radius 1 is 1.38 bits per heavy atom. The predicted molar refractivity (Wildman–Crippen MR) is 63.5 cm³/mol. The molecule has 1 fully saturated rings. The maximum Gasteiger partial charge on any atom is 0.232 e. The van der Waals surface area contributed by atoms with Gasteiger partial charge in [0, 0.05) is 12.6 Å². The second-order valence-corrected chi connectivity index (χ2v) is 4.22. The highest BCUT2D eigenvalue weighted by Gasteiger charge is 2.15. The summed E-state index contributed by atoms with van der Waals surface area (Å²) in [7, 11) is 0. The number of benzene rings is 1. The zero-order valence-corrected chi connectivity index (χ0v) is 9.07. The summed E-state index contributed by atoms with van der Waals surface area (Å²) in [6.45, 7) is 2.12. The van der Waals surface area contributed by atoms with Crippen LogP contribution in [0.25, 0.3) is 10.9 Å². The quantitative estimate of drug-likeness (QED) is 0.807. The number of hydrogen-bond acceptors (Lipinski definition) is 4. The lowest BCUT2D eigenvalue weighted by Gasteiger charge is -2.23. The molecule has 0 saturated carbocycles. The molecule has 4 heteroatoms. The molecule has 3 rings (SSSR count). The Bertz CT molecular complexity index is 474. The molecule has 16 heavy (non-hydrogen) atoms. The van der Waals surface area contributed by atoms with Crippen LogP contribution < -0.4 is 10.6 Å². The third-order valence-electron chi connectivity index (χ3n) is 3.02. The first-order valence-corrected chi connectivity index (χ1v) is 5.75. The van der Waals surface area contributed by atoms with E-state index in [9.17, 15) is 0 Å². The minimum Gasteiger partial charge on any atom is -0.349 e. The van der Waals surface area contributed by atoms with Gasteiger partial charge in [-0.2, -0.15) is 0 Å². The molecule has 1 atom stereocenters. The summed E-state index contributed by atoms with van der Waals surface area (Å²) >= 11 is 0. The SMILES string of the molecule is c1ccc2c(NC3CCCNC3)onc2c1. The molecule has 0 aliphatic carbocycles. The van der Waals surface area contributed by atoms with E-state index in [1.165, 1.54) is 12.8 Å². The first-order chi connectivity index (χ1) is 7.93. The van der Waals surface area contributed by atoms with Crippen LogP contribution in [0.2, 0.25) is 0 Å². The highest BCUT2D eigenvalue weighted by Crippen LogP contribution is 2.23. The molecule has 0 spiro atoms. The smallest absolute Gasteiger partial charge is 0.232 e. The summed E-state index contributed by atoms with van der Waals surface area (Å²) < 4.78 is 5.33. The van der Waals surface area contributed by atoms with E-state index in [0.29, 0.717) is 6.04 Å². The fourth-order valence-electron chi connectivity index (χ4n) is 2.15. The van der Waals surface area contributed by atoms with Crippen LogP contribution in [0.1, 0.15) is 12.8 Å². The average molecular weight is 217 g/mol. The molecule has 1 aliphatic rings. The van der Waals surface area contributed by atoms with Crippen molar-refractivity contribution >= 4 is 16.8 Å². The van der Waals surface area contributed by atoms with Gasteiger partial charge in [0.05, 0.1) is 5.39 Å². The normalized spacial score (nSPS) is 21.1. The van der Waals surface area contributed by atoms with Crippen molar-refractivity contribution in [2.75, 3.05) is 18.4 Å². The third-order valence-corrected chi connectivity index (χ3v) is 3.02. The number of nitrogens with one attached hydrogen (secondary N) is 2. The highest BCUT2D eigenvalue weighted by atomic mass is 16.5. The van der Waals surface area contributed by atoms with E-state index in [1.54, 1.807) is 0 Å². The predicted octanol–water partition coefficient (Wildman–Crippen LogP) is 1.99. The largest absolute Gasteiger partial charge is 0.349 e. The minimum absolute atomic E-state index is 0.449. The number of rotatable bonds is 2. The standard InChI is InChI=1S/C12H15N3O/c1-2-6-11-10(5-1)12(16-15-11)14-9-4-3-7-13-8-9/h1-2,5-6,9,13-14H,3-4,7-8H2. The van der Waals surface area contributed by atoms with E-state index in [4.69, 9.17) is 4.52 Å². The van der Waals surface area contributed by atoms with Gasteiger partial charge in [-0.05, 0) is 31.5 Å². The highest BCUT2D eigenvalue weighted by molar-refractivity contribution is 5.88. The van der Waals surface area contributed by atoms with Gasteiger partial charge in [0.1, 0.15) is 5.52 Å². The van der Waals surface area contributed by atoms with Gasteiger partial charge in [-0.25, -0.2) is 0 Å². The molecule has 0 amide bonds. The Balaban J connectivity index is 1.83. The first kappa shape index (κ1) is 9.66. The number of nitrogens with zero attached hydrogens (tertiary/aromatic N) is 1. The summed E-state index contributed by atoms with van der Waals surface area (Å²) in [6, 6.07) is 8.42. The number of anilines is 1. The van der Waals surface area contributed by atoms with Gasteiger partial charge in [0.25, 0.3) is 0 Å². The van der Waals surface area contributed by atoms with E-state index < -0.39 is 0 Å². The lowest BCUT2D eigenvalue weighted by atomic mass is 10.1. The van der Waals surface area contributed by atoms with Crippen molar-refractivity contribution in [3.8, 4) is 0 Å². The Labute approximate surface area is 94.0 Å². The van der Waals surface area contributed by atoms with E-state index >= 15 is 0 Å². The summed E-state index contributed by atoms with van der Waals surface area (Å²) in [5, 5.41) is 11.9. The Morgan fingerprint density at radius 3 is 3.19 bits per heavy atom. The number of fused-ring (bicyclic) bond motifs is 1. The summed E-state index contributed by atoms with van der Waals surface area (Å²) in [4.78, 5) is 0. The fourth-order valence-corrected chi connectivity index (χ4v) is 2.15. The van der Waals surface area contributed by atoms with Crippen molar-refractivity contribution in [1.82, 2.24) is 10.5 Å². The van der Waals surface area contributed by atoms with Gasteiger partial charge in [0.2, 0.25) is 5.88 Å². The molecule has 2 heterocycles. The van der Waals surface area contributed by atoms with Gasteiger partial charge in [0.15, 0.2) is 0 Å². The Morgan fingerprint density at radius 2 is 2.31 bits per heavy atom. The Kier molecular flexibility index (Phi) is 2.50. The number of piperidine rings is 1. The monoisotopic (exact) mass is 217 g/mol. The molecule has 1 saturated heterocycles. The fraction of sp³-hybridized carbons (Fsp3) is 0.417. The molecule has 0 radical (unpaired) electrons. The van der Waals surface area contributed by atoms with Crippen LogP contribution in [0.3, 0.4) is 0 Å². The van der Waals surface area contributed by atoms with Crippen LogP contribution in [-0.2, 0) is 0 Å². The third kappa shape index (κ3) is 1.76. The van der Waals surface area contributed by atoms with Gasteiger partial charge in [-0.15, -0.1) is 0 Å². The summed E-state index contributed by atoms with van der Waals surface area (Å²) in [5.74, 6) is 0.796. The van der Waals surface area contributed by atoms with Crippen LogP contribution in [0, 0.1) is 0 Å². The van der Waals surface area contributed by atoms with Gasteiger partial charge in [-0.3, -0.25) is 0 Å². The molecule has 84 valence electrons. The van der Waals surface area contributed by atoms with Gasteiger partial charge >= 0.3 is 0 Å². The maximum absolute atomic E-state index is 5.33. The molecule has 0 bridgehead atoms. The topological polar surface area (TPSA) is 50.1 Å². The Hall–Kier alpha value is -1.55. The molecule has 4 nitrogen and oxygen atoms in total.